The van der Waals surface area contributed by atoms with Crippen LogP contribution in [-0.2, 0) is 6.42 Å². The summed E-state index contributed by atoms with van der Waals surface area (Å²) in [4.78, 5) is 5.53. The summed E-state index contributed by atoms with van der Waals surface area (Å²) in [6.07, 6.45) is 7.33. The van der Waals surface area contributed by atoms with Crippen molar-refractivity contribution >= 4 is 11.3 Å². The summed E-state index contributed by atoms with van der Waals surface area (Å²) in [5.74, 6) is 0.961. The van der Waals surface area contributed by atoms with Crippen LogP contribution in [0.15, 0.2) is 11.7 Å². The van der Waals surface area contributed by atoms with Crippen LogP contribution >= 0.6 is 11.3 Å². The van der Waals surface area contributed by atoms with E-state index in [2.05, 4.69) is 17.2 Å². The Balaban J connectivity index is 1.76. The first-order valence-electron chi connectivity index (χ1n) is 5.51. The summed E-state index contributed by atoms with van der Waals surface area (Å²) in [6.45, 7) is 3.30. The molecule has 0 aliphatic heterocycles. The molecular weight excluding hydrogens is 192 g/mol. The van der Waals surface area contributed by atoms with Crippen LogP contribution in [-0.4, -0.2) is 17.6 Å². The molecule has 0 radical (unpaired) electrons. The van der Waals surface area contributed by atoms with Gasteiger partial charge in [-0.25, -0.2) is 0 Å². The third kappa shape index (κ3) is 2.79. The third-order valence-electron chi connectivity index (χ3n) is 2.84. The van der Waals surface area contributed by atoms with Crippen molar-refractivity contribution in [3.63, 3.8) is 0 Å². The fraction of sp³-hybridized carbons (Fsp3) is 0.727. The predicted molar refractivity (Wildman–Crippen MR) is 60.6 cm³/mol. The Bertz CT molecular complexity index is 254. The fourth-order valence-electron chi connectivity index (χ4n) is 1.93. The lowest BCUT2D eigenvalue weighted by atomic mass is 10.1. The molecule has 1 aromatic rings. The van der Waals surface area contributed by atoms with Crippen LogP contribution in [0.1, 0.15) is 31.1 Å². The van der Waals surface area contributed by atoms with Crippen molar-refractivity contribution in [1.29, 1.82) is 0 Å². The number of nitrogens with zero attached hydrogens (tertiary/aromatic N) is 1. The van der Waals surface area contributed by atoms with Gasteiger partial charge in [0.2, 0.25) is 0 Å². The van der Waals surface area contributed by atoms with Gasteiger partial charge in [-0.15, -0.1) is 11.3 Å². The lowest BCUT2D eigenvalue weighted by Gasteiger charge is -2.16. The van der Waals surface area contributed by atoms with Crippen LogP contribution in [0, 0.1) is 5.92 Å². The summed E-state index contributed by atoms with van der Waals surface area (Å²) in [7, 11) is 0. The van der Waals surface area contributed by atoms with E-state index < -0.39 is 0 Å². The second kappa shape index (κ2) is 4.89. The van der Waals surface area contributed by atoms with Crippen molar-refractivity contribution in [2.75, 3.05) is 6.54 Å². The second-order valence-electron chi connectivity index (χ2n) is 4.01. The predicted octanol–water partition coefficient (Wildman–Crippen LogP) is 2.46. The van der Waals surface area contributed by atoms with Gasteiger partial charge < -0.3 is 5.32 Å². The van der Waals surface area contributed by atoms with E-state index in [4.69, 9.17) is 0 Å². The van der Waals surface area contributed by atoms with Gasteiger partial charge in [-0.1, -0.05) is 6.92 Å². The molecule has 0 spiro atoms. The molecule has 1 aliphatic rings. The summed E-state index contributed by atoms with van der Waals surface area (Å²) in [6, 6.07) is 0.752. The van der Waals surface area contributed by atoms with Crippen molar-refractivity contribution in [3.8, 4) is 0 Å². The van der Waals surface area contributed by atoms with Gasteiger partial charge in [-0.2, -0.15) is 0 Å². The van der Waals surface area contributed by atoms with Crippen LogP contribution in [0.3, 0.4) is 0 Å². The van der Waals surface area contributed by atoms with Gasteiger partial charge in [0.25, 0.3) is 0 Å². The van der Waals surface area contributed by atoms with E-state index in [-0.39, 0.29) is 0 Å². The molecule has 3 heteroatoms. The maximum Gasteiger partial charge on any atom is 0.0794 e. The van der Waals surface area contributed by atoms with Crippen molar-refractivity contribution in [2.45, 2.75) is 38.6 Å². The molecule has 1 saturated carbocycles. The molecule has 0 bridgehead atoms. The van der Waals surface area contributed by atoms with Crippen LogP contribution in [0.25, 0.3) is 0 Å². The summed E-state index contributed by atoms with van der Waals surface area (Å²) < 4.78 is 0. The van der Waals surface area contributed by atoms with E-state index in [1.807, 2.05) is 11.7 Å². The number of aryl methyl sites for hydroxylation is 1. The highest BCUT2D eigenvalue weighted by Crippen LogP contribution is 2.34. The molecule has 0 aromatic carbocycles. The van der Waals surface area contributed by atoms with E-state index in [1.54, 1.807) is 11.3 Å². The Labute approximate surface area is 89.8 Å². The van der Waals surface area contributed by atoms with Gasteiger partial charge in [0.1, 0.15) is 0 Å². The SMILES string of the molecule is CCNC(CCc1cncs1)C1CC1. The van der Waals surface area contributed by atoms with Gasteiger partial charge in [-0.05, 0) is 38.1 Å². The molecule has 0 amide bonds. The Morgan fingerprint density at radius 3 is 3.07 bits per heavy atom. The molecule has 2 rings (SSSR count). The molecule has 2 nitrogen and oxygen atoms in total. The first kappa shape index (κ1) is 10.1. The van der Waals surface area contributed by atoms with Gasteiger partial charge in [0, 0.05) is 17.1 Å². The summed E-state index contributed by atoms with van der Waals surface area (Å²) in [5.41, 5.74) is 1.93. The van der Waals surface area contributed by atoms with E-state index in [0.717, 1.165) is 18.5 Å². The van der Waals surface area contributed by atoms with Crippen molar-refractivity contribution < 1.29 is 0 Å². The highest BCUT2D eigenvalue weighted by Gasteiger charge is 2.29. The zero-order valence-corrected chi connectivity index (χ0v) is 9.52. The molecular formula is C11H18N2S. The van der Waals surface area contributed by atoms with Gasteiger partial charge in [0.05, 0.1) is 5.51 Å². The van der Waals surface area contributed by atoms with Crippen LogP contribution in [0.4, 0.5) is 0 Å². The molecule has 1 unspecified atom stereocenters. The zero-order chi connectivity index (χ0) is 9.80. The Morgan fingerprint density at radius 2 is 2.50 bits per heavy atom. The van der Waals surface area contributed by atoms with Crippen molar-refractivity contribution in [2.24, 2.45) is 5.92 Å². The number of thiazole rings is 1. The standard InChI is InChI=1S/C11H18N2S/c1-2-13-11(9-3-4-9)6-5-10-7-12-8-14-10/h7-9,11,13H,2-6H2,1H3. The maximum atomic E-state index is 4.10. The zero-order valence-electron chi connectivity index (χ0n) is 8.70. The second-order valence-corrected chi connectivity index (χ2v) is 4.98. The lowest BCUT2D eigenvalue weighted by molar-refractivity contribution is 0.447. The Morgan fingerprint density at radius 1 is 1.64 bits per heavy atom. The quantitative estimate of drug-likeness (QED) is 0.780. The number of rotatable bonds is 6. The lowest BCUT2D eigenvalue weighted by Crippen LogP contribution is -2.31. The number of nitrogens with one attached hydrogen (secondary N) is 1. The minimum atomic E-state index is 0.752. The fourth-order valence-corrected chi connectivity index (χ4v) is 2.54. The molecule has 78 valence electrons. The van der Waals surface area contributed by atoms with Gasteiger partial charge in [-0.3, -0.25) is 4.98 Å². The highest BCUT2D eigenvalue weighted by molar-refractivity contribution is 7.09. The number of hydrogen-bond acceptors (Lipinski definition) is 3. The maximum absolute atomic E-state index is 4.10. The molecule has 1 aromatic heterocycles. The minimum Gasteiger partial charge on any atom is -0.314 e. The molecule has 1 aliphatic carbocycles. The molecule has 1 fully saturated rings. The molecule has 1 heterocycles. The monoisotopic (exact) mass is 210 g/mol. The smallest absolute Gasteiger partial charge is 0.0794 e. The summed E-state index contributed by atoms with van der Waals surface area (Å²) >= 11 is 1.78. The molecule has 14 heavy (non-hydrogen) atoms. The van der Waals surface area contributed by atoms with Crippen molar-refractivity contribution in [3.05, 3.63) is 16.6 Å². The number of hydrogen-bond donors (Lipinski definition) is 1. The highest BCUT2D eigenvalue weighted by atomic mass is 32.1. The van der Waals surface area contributed by atoms with E-state index >= 15 is 0 Å². The average Bonchev–Trinajstić information content (AvgIpc) is 2.90. The van der Waals surface area contributed by atoms with E-state index in [1.165, 1.54) is 30.6 Å². The Hall–Kier alpha value is -0.410. The van der Waals surface area contributed by atoms with E-state index in [9.17, 15) is 0 Å². The molecule has 1 N–H and O–H groups in total. The summed E-state index contributed by atoms with van der Waals surface area (Å²) in [5, 5.41) is 3.59. The average molecular weight is 210 g/mol. The number of aromatic nitrogens is 1. The van der Waals surface area contributed by atoms with Crippen LogP contribution < -0.4 is 5.32 Å². The van der Waals surface area contributed by atoms with Crippen molar-refractivity contribution in [1.82, 2.24) is 10.3 Å². The van der Waals surface area contributed by atoms with Crippen LogP contribution in [0.5, 0.6) is 0 Å². The Kier molecular flexibility index (Phi) is 3.54. The largest absolute Gasteiger partial charge is 0.314 e. The van der Waals surface area contributed by atoms with Crippen LogP contribution in [0.2, 0.25) is 0 Å². The minimum absolute atomic E-state index is 0.752. The van der Waals surface area contributed by atoms with Gasteiger partial charge in [0.15, 0.2) is 0 Å². The first-order valence-corrected chi connectivity index (χ1v) is 6.39. The van der Waals surface area contributed by atoms with Gasteiger partial charge >= 0.3 is 0 Å². The van der Waals surface area contributed by atoms with E-state index in [0.29, 0.717) is 0 Å². The molecule has 0 saturated heterocycles. The first-order chi connectivity index (χ1) is 6.90. The topological polar surface area (TPSA) is 24.9 Å². The normalized spacial score (nSPS) is 18.4. The molecule has 1 atom stereocenters. The third-order valence-corrected chi connectivity index (χ3v) is 3.68.